The summed E-state index contributed by atoms with van der Waals surface area (Å²) in [5.74, 6) is -0.476. The number of carbonyl (C=O) groups is 2. The van der Waals surface area contributed by atoms with E-state index in [1.807, 2.05) is 13.8 Å². The summed E-state index contributed by atoms with van der Waals surface area (Å²) in [4.78, 5) is 36.0. The predicted molar refractivity (Wildman–Crippen MR) is 82.5 cm³/mol. The van der Waals surface area contributed by atoms with Crippen molar-refractivity contribution >= 4 is 17.5 Å². The van der Waals surface area contributed by atoms with E-state index in [4.69, 9.17) is 0 Å². The minimum absolute atomic E-state index is 0.160. The van der Waals surface area contributed by atoms with Crippen LogP contribution in [-0.4, -0.2) is 41.8 Å². The fraction of sp³-hybridized carbons (Fsp3) is 0.467. The van der Waals surface area contributed by atoms with E-state index in [1.165, 1.54) is 29.2 Å². The van der Waals surface area contributed by atoms with Crippen molar-refractivity contribution in [3.8, 4) is 0 Å². The molecule has 1 N–H and O–H groups in total. The van der Waals surface area contributed by atoms with Gasteiger partial charge in [0.05, 0.1) is 4.92 Å². The molecule has 0 fully saturated rings. The molecule has 0 saturated heterocycles. The van der Waals surface area contributed by atoms with Crippen molar-refractivity contribution in [2.75, 3.05) is 14.1 Å². The molecule has 1 atom stereocenters. The zero-order valence-corrected chi connectivity index (χ0v) is 13.2. The zero-order chi connectivity index (χ0) is 16.9. The number of hydrogen-bond acceptors (Lipinski definition) is 4. The molecular formula is C15H21N3O4. The highest BCUT2D eigenvalue weighted by Crippen LogP contribution is 2.14. The Morgan fingerprint density at radius 3 is 2.45 bits per heavy atom. The standard InChI is InChI=1S/C15H21N3O4/c1-10(2)8-13(15(20)17(3)4)16-14(19)11-6-5-7-12(9-11)18(21)22/h5-7,9-10,13H,8H2,1-4H3,(H,16,19)/t13-/m0/s1. The van der Waals surface area contributed by atoms with E-state index in [9.17, 15) is 19.7 Å². The lowest BCUT2D eigenvalue weighted by molar-refractivity contribution is -0.384. The summed E-state index contributed by atoms with van der Waals surface area (Å²) in [6, 6.07) is 4.78. The monoisotopic (exact) mass is 307 g/mol. The Hall–Kier alpha value is -2.44. The zero-order valence-electron chi connectivity index (χ0n) is 13.2. The van der Waals surface area contributed by atoms with Crippen LogP contribution in [0.1, 0.15) is 30.6 Å². The molecule has 1 rings (SSSR count). The molecule has 0 unspecified atom stereocenters. The van der Waals surface area contributed by atoms with Gasteiger partial charge in [0.25, 0.3) is 11.6 Å². The summed E-state index contributed by atoms with van der Waals surface area (Å²) in [6.45, 7) is 3.91. The van der Waals surface area contributed by atoms with E-state index < -0.39 is 16.9 Å². The number of benzene rings is 1. The van der Waals surface area contributed by atoms with Crippen LogP contribution < -0.4 is 5.32 Å². The Balaban J connectivity index is 2.93. The molecule has 120 valence electrons. The molecule has 7 heteroatoms. The molecule has 7 nitrogen and oxygen atoms in total. The van der Waals surface area contributed by atoms with Gasteiger partial charge in [0, 0.05) is 31.8 Å². The molecule has 0 bridgehead atoms. The van der Waals surface area contributed by atoms with Gasteiger partial charge in [-0.15, -0.1) is 0 Å². The number of hydrogen-bond donors (Lipinski definition) is 1. The first-order chi connectivity index (χ1) is 10.2. The Morgan fingerprint density at radius 2 is 1.95 bits per heavy atom. The van der Waals surface area contributed by atoms with E-state index >= 15 is 0 Å². The highest BCUT2D eigenvalue weighted by molar-refractivity contribution is 5.97. The molecule has 0 saturated carbocycles. The molecule has 22 heavy (non-hydrogen) atoms. The van der Waals surface area contributed by atoms with E-state index in [1.54, 1.807) is 14.1 Å². The second-order valence-corrected chi connectivity index (χ2v) is 5.70. The van der Waals surface area contributed by atoms with Crippen LogP contribution in [0, 0.1) is 16.0 Å². The van der Waals surface area contributed by atoms with Gasteiger partial charge in [-0.05, 0) is 18.4 Å². The van der Waals surface area contributed by atoms with Crippen LogP contribution in [-0.2, 0) is 4.79 Å². The number of rotatable bonds is 6. The number of nitro groups is 1. The number of nitro benzene ring substituents is 1. The first-order valence-electron chi connectivity index (χ1n) is 6.98. The number of amides is 2. The van der Waals surface area contributed by atoms with Crippen molar-refractivity contribution in [3.05, 3.63) is 39.9 Å². The topological polar surface area (TPSA) is 92.5 Å². The van der Waals surface area contributed by atoms with E-state index in [0.29, 0.717) is 6.42 Å². The molecule has 1 aromatic carbocycles. The van der Waals surface area contributed by atoms with Crippen molar-refractivity contribution in [2.45, 2.75) is 26.3 Å². The van der Waals surface area contributed by atoms with Crippen molar-refractivity contribution < 1.29 is 14.5 Å². The Kier molecular flexibility index (Phi) is 6.03. The van der Waals surface area contributed by atoms with Crippen LogP contribution in [0.3, 0.4) is 0 Å². The fourth-order valence-electron chi connectivity index (χ4n) is 2.01. The maximum absolute atomic E-state index is 12.2. The second-order valence-electron chi connectivity index (χ2n) is 5.70. The van der Waals surface area contributed by atoms with Gasteiger partial charge in [-0.25, -0.2) is 0 Å². The molecule has 0 radical (unpaired) electrons. The highest BCUT2D eigenvalue weighted by atomic mass is 16.6. The van der Waals surface area contributed by atoms with Crippen LogP contribution in [0.25, 0.3) is 0 Å². The SMILES string of the molecule is CC(C)C[C@H](NC(=O)c1cccc([N+](=O)[O-])c1)C(=O)N(C)C. The maximum atomic E-state index is 12.2. The summed E-state index contributed by atoms with van der Waals surface area (Å²) >= 11 is 0. The molecular weight excluding hydrogens is 286 g/mol. The summed E-state index contributed by atoms with van der Waals surface area (Å²) < 4.78 is 0. The number of nitrogens with zero attached hydrogens (tertiary/aromatic N) is 2. The molecule has 1 aromatic rings. The van der Waals surface area contributed by atoms with E-state index in [0.717, 1.165) is 0 Å². The normalized spacial score (nSPS) is 11.9. The van der Waals surface area contributed by atoms with Gasteiger partial charge in [0.15, 0.2) is 0 Å². The Bertz CT molecular complexity index is 570. The van der Waals surface area contributed by atoms with Crippen molar-refractivity contribution in [1.29, 1.82) is 0 Å². The van der Waals surface area contributed by atoms with Crippen LogP contribution in [0.15, 0.2) is 24.3 Å². The molecule has 0 heterocycles. The van der Waals surface area contributed by atoms with Gasteiger partial charge in [0.2, 0.25) is 5.91 Å². The van der Waals surface area contributed by atoms with Gasteiger partial charge in [-0.1, -0.05) is 19.9 Å². The molecule has 2 amide bonds. The summed E-state index contributed by atoms with van der Waals surface area (Å²) in [6.07, 6.45) is 0.498. The van der Waals surface area contributed by atoms with E-state index in [2.05, 4.69) is 5.32 Å². The molecule has 0 spiro atoms. The van der Waals surface area contributed by atoms with E-state index in [-0.39, 0.29) is 23.1 Å². The van der Waals surface area contributed by atoms with Gasteiger partial charge < -0.3 is 10.2 Å². The van der Waals surface area contributed by atoms with Gasteiger partial charge in [0.1, 0.15) is 6.04 Å². The van der Waals surface area contributed by atoms with Gasteiger partial charge in [-0.2, -0.15) is 0 Å². The minimum Gasteiger partial charge on any atom is -0.347 e. The average Bonchev–Trinajstić information content (AvgIpc) is 2.45. The fourth-order valence-corrected chi connectivity index (χ4v) is 2.01. The molecule has 0 aliphatic carbocycles. The number of nitrogens with one attached hydrogen (secondary N) is 1. The lowest BCUT2D eigenvalue weighted by Gasteiger charge is -2.23. The number of carbonyl (C=O) groups excluding carboxylic acids is 2. The third-order valence-electron chi connectivity index (χ3n) is 3.07. The molecule has 0 aliphatic heterocycles. The largest absolute Gasteiger partial charge is 0.347 e. The number of likely N-dealkylation sites (N-methyl/N-ethyl adjacent to an activating group) is 1. The van der Waals surface area contributed by atoms with Crippen molar-refractivity contribution in [1.82, 2.24) is 10.2 Å². The third-order valence-corrected chi connectivity index (χ3v) is 3.07. The summed E-state index contributed by atoms with van der Waals surface area (Å²) in [7, 11) is 3.24. The first kappa shape index (κ1) is 17.6. The van der Waals surface area contributed by atoms with Crippen LogP contribution >= 0.6 is 0 Å². The Morgan fingerprint density at radius 1 is 1.32 bits per heavy atom. The average molecular weight is 307 g/mol. The lowest BCUT2D eigenvalue weighted by atomic mass is 10.0. The number of non-ortho nitro benzene ring substituents is 1. The van der Waals surface area contributed by atoms with Crippen molar-refractivity contribution in [3.63, 3.8) is 0 Å². The third kappa shape index (κ3) is 4.83. The second kappa shape index (κ2) is 7.53. The summed E-state index contributed by atoms with van der Waals surface area (Å²) in [5, 5.41) is 13.4. The molecule has 0 aromatic heterocycles. The predicted octanol–water partition coefficient (Wildman–Crippen LogP) is 1.83. The van der Waals surface area contributed by atoms with Crippen molar-refractivity contribution in [2.24, 2.45) is 5.92 Å². The molecule has 0 aliphatic rings. The van der Waals surface area contributed by atoms with Gasteiger partial charge in [-0.3, -0.25) is 19.7 Å². The lowest BCUT2D eigenvalue weighted by Crippen LogP contribution is -2.46. The van der Waals surface area contributed by atoms with Crippen LogP contribution in [0.4, 0.5) is 5.69 Å². The van der Waals surface area contributed by atoms with Gasteiger partial charge >= 0.3 is 0 Å². The minimum atomic E-state index is -0.651. The highest BCUT2D eigenvalue weighted by Gasteiger charge is 2.24. The smallest absolute Gasteiger partial charge is 0.270 e. The quantitative estimate of drug-likeness (QED) is 0.641. The van der Waals surface area contributed by atoms with Crippen LogP contribution in [0.5, 0.6) is 0 Å². The summed E-state index contributed by atoms with van der Waals surface area (Å²) in [5.41, 5.74) is 0.00140. The first-order valence-corrected chi connectivity index (χ1v) is 6.98. The Labute approximate surface area is 129 Å². The van der Waals surface area contributed by atoms with Crippen LogP contribution in [0.2, 0.25) is 0 Å². The maximum Gasteiger partial charge on any atom is 0.270 e.